The molecule has 1 fully saturated rings. The second kappa shape index (κ2) is 7.64. The van der Waals surface area contributed by atoms with Crippen LogP contribution in [0, 0.1) is 5.92 Å². The van der Waals surface area contributed by atoms with Crippen molar-refractivity contribution in [3.63, 3.8) is 0 Å². The lowest BCUT2D eigenvalue weighted by atomic mass is 10.1. The molecular formula is C20H20ClF2N3O. The number of fused-ring (bicyclic) bond motifs is 1. The SMILES string of the molecule is CC(F)c1ccc2c(NCC3CC3)nc(=O)n(-c3ccccc3Cl)c2c1.F. The molecule has 1 aliphatic carbocycles. The van der Waals surface area contributed by atoms with Gasteiger partial charge in [0.05, 0.1) is 16.2 Å². The molecule has 1 N–H and O–H groups in total. The van der Waals surface area contributed by atoms with Crippen LogP contribution in [-0.4, -0.2) is 16.1 Å². The highest BCUT2D eigenvalue weighted by molar-refractivity contribution is 6.32. The molecule has 4 nitrogen and oxygen atoms in total. The van der Waals surface area contributed by atoms with Gasteiger partial charge in [0.15, 0.2) is 0 Å². The van der Waals surface area contributed by atoms with Gasteiger partial charge in [0, 0.05) is 11.9 Å². The van der Waals surface area contributed by atoms with Crippen LogP contribution in [0.4, 0.5) is 14.9 Å². The number of alkyl halides is 1. The summed E-state index contributed by atoms with van der Waals surface area (Å²) in [4.78, 5) is 17.0. The minimum atomic E-state index is -1.13. The van der Waals surface area contributed by atoms with Gasteiger partial charge in [0.1, 0.15) is 12.0 Å². The maximum absolute atomic E-state index is 13.9. The van der Waals surface area contributed by atoms with E-state index in [1.54, 1.807) is 36.4 Å². The molecule has 0 radical (unpaired) electrons. The molecule has 0 saturated heterocycles. The quantitative estimate of drug-likeness (QED) is 0.662. The molecule has 3 aromatic rings. The molecule has 1 aromatic heterocycles. The van der Waals surface area contributed by atoms with Gasteiger partial charge < -0.3 is 5.32 Å². The Balaban J connectivity index is 0.00000210. The number of halogens is 3. The Labute approximate surface area is 160 Å². The average molecular weight is 392 g/mol. The fraction of sp³-hybridized carbons (Fsp3) is 0.300. The first-order valence-corrected chi connectivity index (χ1v) is 9.12. The van der Waals surface area contributed by atoms with Gasteiger partial charge in [0.2, 0.25) is 0 Å². The zero-order valence-corrected chi connectivity index (χ0v) is 15.5. The van der Waals surface area contributed by atoms with Crippen LogP contribution in [0.2, 0.25) is 5.02 Å². The molecule has 142 valence electrons. The van der Waals surface area contributed by atoms with Crippen LogP contribution in [0.3, 0.4) is 0 Å². The zero-order valence-electron chi connectivity index (χ0n) is 14.8. The van der Waals surface area contributed by atoms with E-state index in [-0.39, 0.29) is 4.70 Å². The van der Waals surface area contributed by atoms with E-state index in [2.05, 4.69) is 10.3 Å². The summed E-state index contributed by atoms with van der Waals surface area (Å²) in [5.74, 6) is 1.18. The number of anilines is 1. The summed E-state index contributed by atoms with van der Waals surface area (Å²) < 4.78 is 15.3. The molecule has 1 atom stereocenters. The predicted octanol–water partition coefficient (Wildman–Crippen LogP) is 5.04. The molecule has 0 spiro atoms. The smallest absolute Gasteiger partial charge is 0.354 e. The third-order valence-electron chi connectivity index (χ3n) is 4.72. The molecule has 1 unspecified atom stereocenters. The summed E-state index contributed by atoms with van der Waals surface area (Å²) in [7, 11) is 0. The first-order chi connectivity index (χ1) is 12.5. The molecule has 4 rings (SSSR count). The number of hydrogen-bond acceptors (Lipinski definition) is 3. The van der Waals surface area contributed by atoms with Crippen molar-refractivity contribution in [2.75, 3.05) is 11.9 Å². The van der Waals surface area contributed by atoms with E-state index in [0.29, 0.717) is 33.5 Å². The Bertz CT molecular complexity index is 1030. The number of aromatic nitrogens is 2. The van der Waals surface area contributed by atoms with E-state index in [0.717, 1.165) is 11.9 Å². The van der Waals surface area contributed by atoms with Gasteiger partial charge in [-0.2, -0.15) is 4.98 Å². The van der Waals surface area contributed by atoms with Crippen LogP contribution < -0.4 is 11.0 Å². The van der Waals surface area contributed by atoms with E-state index < -0.39 is 11.9 Å². The van der Waals surface area contributed by atoms with Gasteiger partial charge >= 0.3 is 5.69 Å². The molecule has 1 saturated carbocycles. The summed E-state index contributed by atoms with van der Waals surface area (Å²) in [5, 5.41) is 4.49. The van der Waals surface area contributed by atoms with Gasteiger partial charge in [-0.3, -0.25) is 9.27 Å². The highest BCUT2D eigenvalue weighted by Gasteiger charge is 2.22. The normalized spacial score (nSPS) is 14.6. The monoisotopic (exact) mass is 391 g/mol. The molecule has 7 heteroatoms. The molecule has 0 bridgehead atoms. The first kappa shape index (κ1) is 19.3. The van der Waals surface area contributed by atoms with Crippen molar-refractivity contribution >= 4 is 28.3 Å². The summed E-state index contributed by atoms with van der Waals surface area (Å²) in [6, 6.07) is 12.3. The number of para-hydroxylation sites is 1. The minimum absolute atomic E-state index is 0. The third-order valence-corrected chi connectivity index (χ3v) is 5.04. The highest BCUT2D eigenvalue weighted by atomic mass is 35.5. The van der Waals surface area contributed by atoms with Gasteiger partial charge in [-0.05, 0) is 55.5 Å². The molecule has 1 heterocycles. The molecule has 1 aliphatic rings. The van der Waals surface area contributed by atoms with Crippen LogP contribution in [0.15, 0.2) is 47.3 Å². The zero-order chi connectivity index (χ0) is 18.3. The first-order valence-electron chi connectivity index (χ1n) is 8.74. The van der Waals surface area contributed by atoms with E-state index >= 15 is 0 Å². The van der Waals surface area contributed by atoms with Crippen LogP contribution in [-0.2, 0) is 0 Å². The molecule has 27 heavy (non-hydrogen) atoms. The van der Waals surface area contributed by atoms with Crippen LogP contribution in [0.25, 0.3) is 16.6 Å². The summed E-state index contributed by atoms with van der Waals surface area (Å²) in [5.41, 5.74) is 1.21. The van der Waals surface area contributed by atoms with E-state index in [9.17, 15) is 9.18 Å². The lowest BCUT2D eigenvalue weighted by Crippen LogP contribution is -2.24. The number of hydrogen-bond donors (Lipinski definition) is 1. The van der Waals surface area contributed by atoms with Crippen LogP contribution in [0.5, 0.6) is 0 Å². The average Bonchev–Trinajstić information content (AvgIpc) is 3.44. The van der Waals surface area contributed by atoms with E-state index in [4.69, 9.17) is 11.6 Å². The number of rotatable bonds is 5. The number of benzene rings is 2. The van der Waals surface area contributed by atoms with Crippen molar-refractivity contribution < 1.29 is 9.09 Å². The number of nitrogens with zero attached hydrogens (tertiary/aromatic N) is 2. The highest BCUT2D eigenvalue weighted by Crippen LogP contribution is 2.31. The second-order valence-electron chi connectivity index (χ2n) is 6.75. The third kappa shape index (κ3) is 3.81. The maximum atomic E-state index is 13.9. The topological polar surface area (TPSA) is 46.9 Å². The predicted molar refractivity (Wildman–Crippen MR) is 106 cm³/mol. The Morgan fingerprint density at radius 2 is 2.04 bits per heavy atom. The van der Waals surface area contributed by atoms with Gasteiger partial charge in [-0.1, -0.05) is 29.8 Å². The summed E-state index contributed by atoms with van der Waals surface area (Å²) in [6.07, 6.45) is 1.27. The summed E-state index contributed by atoms with van der Waals surface area (Å²) in [6.45, 7) is 2.27. The largest absolute Gasteiger partial charge is 0.369 e. The lowest BCUT2D eigenvalue weighted by Gasteiger charge is -2.16. The maximum Gasteiger partial charge on any atom is 0.354 e. The molecule has 2 aromatic carbocycles. The van der Waals surface area contributed by atoms with Crippen molar-refractivity contribution in [2.24, 2.45) is 5.92 Å². The second-order valence-corrected chi connectivity index (χ2v) is 7.15. The molecule has 0 aliphatic heterocycles. The van der Waals surface area contributed by atoms with Crippen molar-refractivity contribution in [3.05, 3.63) is 63.5 Å². The Kier molecular flexibility index (Phi) is 5.46. The molecule has 0 amide bonds. The van der Waals surface area contributed by atoms with Gasteiger partial charge in [-0.25, -0.2) is 9.18 Å². The van der Waals surface area contributed by atoms with Gasteiger partial charge in [-0.15, -0.1) is 0 Å². The Morgan fingerprint density at radius 1 is 1.30 bits per heavy atom. The van der Waals surface area contributed by atoms with Crippen molar-refractivity contribution in [2.45, 2.75) is 25.9 Å². The van der Waals surface area contributed by atoms with Crippen molar-refractivity contribution in [1.82, 2.24) is 9.55 Å². The van der Waals surface area contributed by atoms with Crippen LogP contribution >= 0.6 is 11.6 Å². The summed E-state index contributed by atoms with van der Waals surface area (Å²) >= 11 is 6.31. The fourth-order valence-corrected chi connectivity index (χ4v) is 3.27. The van der Waals surface area contributed by atoms with E-state index in [1.165, 1.54) is 24.3 Å². The molecular weight excluding hydrogens is 372 g/mol. The Morgan fingerprint density at radius 3 is 2.70 bits per heavy atom. The standard InChI is InChI=1S/C20H19ClFN3O.FH/c1-12(22)14-8-9-15-18(10-14)25(17-5-3-2-4-16(17)21)20(26)24-19(15)23-11-13-6-7-13;/h2-5,8-10,12-13H,6-7,11H2,1H3,(H,23,24,26);1H. The Hall–Kier alpha value is -2.47. The minimum Gasteiger partial charge on any atom is -0.369 e. The van der Waals surface area contributed by atoms with Gasteiger partial charge in [0.25, 0.3) is 0 Å². The van der Waals surface area contributed by atoms with Crippen molar-refractivity contribution in [1.29, 1.82) is 0 Å². The van der Waals surface area contributed by atoms with E-state index in [1.807, 2.05) is 6.07 Å². The fourth-order valence-electron chi connectivity index (χ4n) is 3.05. The number of nitrogens with one attached hydrogen (secondary N) is 1. The van der Waals surface area contributed by atoms with Crippen LogP contribution in [0.1, 0.15) is 31.5 Å². The van der Waals surface area contributed by atoms with Crippen molar-refractivity contribution in [3.8, 4) is 5.69 Å². The lowest BCUT2D eigenvalue weighted by molar-refractivity contribution is 0.374.